The van der Waals surface area contributed by atoms with Crippen molar-refractivity contribution in [2.45, 2.75) is 33.1 Å². The predicted octanol–water partition coefficient (Wildman–Crippen LogP) is 2.21. The molecule has 4 rings (SSSR count). The number of piperazine rings is 1. The molecule has 2 amide bonds. The predicted molar refractivity (Wildman–Crippen MR) is 112 cm³/mol. The number of amides is 2. The number of aromatic nitrogens is 1. The lowest BCUT2D eigenvalue weighted by atomic mass is 9.84. The van der Waals surface area contributed by atoms with Crippen LogP contribution < -0.4 is 0 Å². The molecule has 7 heteroatoms. The summed E-state index contributed by atoms with van der Waals surface area (Å²) in [4.78, 5) is 45.2. The lowest BCUT2D eigenvalue weighted by Gasteiger charge is -2.34. The van der Waals surface area contributed by atoms with Crippen molar-refractivity contribution in [2.24, 2.45) is 5.92 Å². The number of para-hydroxylation sites is 1. The monoisotopic (exact) mass is 409 g/mol. The van der Waals surface area contributed by atoms with Crippen molar-refractivity contribution in [1.29, 1.82) is 0 Å². The van der Waals surface area contributed by atoms with Gasteiger partial charge in [-0.1, -0.05) is 25.1 Å². The topological polar surface area (TPSA) is 79.8 Å². The number of benzene rings is 1. The Labute approximate surface area is 176 Å². The molecule has 1 atom stereocenters. The van der Waals surface area contributed by atoms with Gasteiger partial charge >= 0.3 is 5.97 Å². The maximum Gasteiger partial charge on any atom is 0.339 e. The summed E-state index contributed by atoms with van der Waals surface area (Å²) in [6, 6.07) is 7.59. The highest BCUT2D eigenvalue weighted by molar-refractivity contribution is 6.05. The molecule has 0 radical (unpaired) electrons. The first kappa shape index (κ1) is 20.3. The van der Waals surface area contributed by atoms with Crippen molar-refractivity contribution < 1.29 is 19.1 Å². The minimum atomic E-state index is -0.463. The van der Waals surface area contributed by atoms with Gasteiger partial charge in [0, 0.05) is 44.2 Å². The molecule has 1 aliphatic heterocycles. The SMILES string of the molecule is CC(=O)N1CCN(C(=O)COC(=O)c2c3c(nc4ccccc24)CC[C@H](C)C3)CC1. The highest BCUT2D eigenvalue weighted by Crippen LogP contribution is 2.32. The fraction of sp³-hybridized carbons (Fsp3) is 0.478. The normalized spacial score (nSPS) is 18.8. The first-order valence-electron chi connectivity index (χ1n) is 10.5. The summed E-state index contributed by atoms with van der Waals surface area (Å²) >= 11 is 0. The number of esters is 1. The molecule has 158 valence electrons. The first-order chi connectivity index (χ1) is 14.4. The molecular formula is C23H27N3O4. The van der Waals surface area contributed by atoms with Crippen molar-refractivity contribution >= 4 is 28.7 Å². The fourth-order valence-electron chi connectivity index (χ4n) is 4.36. The van der Waals surface area contributed by atoms with Crippen molar-refractivity contribution in [3.05, 3.63) is 41.1 Å². The van der Waals surface area contributed by atoms with E-state index < -0.39 is 5.97 Å². The molecule has 2 heterocycles. The van der Waals surface area contributed by atoms with Gasteiger partial charge in [0.15, 0.2) is 6.61 Å². The summed E-state index contributed by atoms with van der Waals surface area (Å²) in [5.41, 5.74) is 3.26. The zero-order valence-corrected chi connectivity index (χ0v) is 17.5. The van der Waals surface area contributed by atoms with E-state index in [1.807, 2.05) is 24.3 Å². The Morgan fingerprint density at radius 1 is 1.10 bits per heavy atom. The molecule has 7 nitrogen and oxygen atoms in total. The second-order valence-corrected chi connectivity index (χ2v) is 8.24. The molecule has 0 spiro atoms. The molecule has 1 aromatic heterocycles. The van der Waals surface area contributed by atoms with Crippen LogP contribution in [-0.4, -0.2) is 65.4 Å². The van der Waals surface area contributed by atoms with Crippen molar-refractivity contribution in [3.8, 4) is 0 Å². The summed E-state index contributed by atoms with van der Waals surface area (Å²) in [6.07, 6.45) is 2.69. The Hall–Kier alpha value is -2.96. The van der Waals surface area contributed by atoms with Crippen LogP contribution in [0.15, 0.2) is 24.3 Å². The van der Waals surface area contributed by atoms with E-state index in [0.29, 0.717) is 37.7 Å². The van der Waals surface area contributed by atoms with Crippen LogP contribution in [0.1, 0.15) is 41.9 Å². The van der Waals surface area contributed by atoms with Crippen molar-refractivity contribution in [2.75, 3.05) is 32.8 Å². The summed E-state index contributed by atoms with van der Waals surface area (Å²) in [5, 5.41) is 0.776. The Kier molecular flexibility index (Phi) is 5.70. The highest BCUT2D eigenvalue weighted by atomic mass is 16.5. The van der Waals surface area contributed by atoms with E-state index in [-0.39, 0.29) is 18.4 Å². The van der Waals surface area contributed by atoms with Crippen LogP contribution in [-0.2, 0) is 27.2 Å². The number of nitrogens with zero attached hydrogens (tertiary/aromatic N) is 3. The van der Waals surface area contributed by atoms with Crippen molar-refractivity contribution in [3.63, 3.8) is 0 Å². The zero-order chi connectivity index (χ0) is 21.3. The third kappa shape index (κ3) is 4.01. The van der Waals surface area contributed by atoms with Crippen LogP contribution in [0.25, 0.3) is 10.9 Å². The van der Waals surface area contributed by atoms with Crippen LogP contribution >= 0.6 is 0 Å². The van der Waals surface area contributed by atoms with E-state index in [1.165, 1.54) is 6.92 Å². The number of hydrogen-bond donors (Lipinski definition) is 0. The first-order valence-corrected chi connectivity index (χ1v) is 10.5. The van der Waals surface area contributed by atoms with Gasteiger partial charge in [0.2, 0.25) is 5.91 Å². The summed E-state index contributed by atoms with van der Waals surface area (Å²) in [7, 11) is 0. The molecule has 1 aliphatic carbocycles. The third-order valence-corrected chi connectivity index (χ3v) is 6.11. The van der Waals surface area contributed by atoms with Gasteiger partial charge in [0.25, 0.3) is 5.91 Å². The third-order valence-electron chi connectivity index (χ3n) is 6.11. The second kappa shape index (κ2) is 8.42. The van der Waals surface area contributed by atoms with E-state index in [1.54, 1.807) is 9.80 Å². The van der Waals surface area contributed by atoms with E-state index in [0.717, 1.165) is 41.4 Å². The van der Waals surface area contributed by atoms with Crippen LogP contribution in [0.3, 0.4) is 0 Å². The molecule has 0 N–H and O–H groups in total. The van der Waals surface area contributed by atoms with Crippen molar-refractivity contribution in [1.82, 2.24) is 14.8 Å². The zero-order valence-electron chi connectivity index (χ0n) is 17.5. The Balaban J connectivity index is 1.50. The smallest absolute Gasteiger partial charge is 0.339 e. The number of aryl methyl sites for hydroxylation is 1. The molecule has 2 aromatic rings. The summed E-state index contributed by atoms with van der Waals surface area (Å²) < 4.78 is 5.49. The van der Waals surface area contributed by atoms with E-state index >= 15 is 0 Å². The molecule has 0 bridgehead atoms. The molecule has 30 heavy (non-hydrogen) atoms. The van der Waals surface area contributed by atoms with Crippen LogP contribution in [0.4, 0.5) is 0 Å². The number of pyridine rings is 1. The summed E-state index contributed by atoms with van der Waals surface area (Å²) in [5.74, 6) is -0.204. The minimum Gasteiger partial charge on any atom is -0.452 e. The van der Waals surface area contributed by atoms with Gasteiger partial charge in [-0.15, -0.1) is 0 Å². The molecule has 2 aliphatic rings. The molecule has 1 saturated heterocycles. The number of ether oxygens (including phenoxy) is 1. The maximum atomic E-state index is 13.1. The van der Waals surface area contributed by atoms with Crippen LogP contribution in [0.2, 0.25) is 0 Å². The largest absolute Gasteiger partial charge is 0.452 e. The molecular weight excluding hydrogens is 382 g/mol. The number of carbonyl (C=O) groups excluding carboxylic acids is 3. The van der Waals surface area contributed by atoms with Crippen LogP contribution in [0.5, 0.6) is 0 Å². The van der Waals surface area contributed by atoms with Crippen LogP contribution in [0, 0.1) is 5.92 Å². The Morgan fingerprint density at radius 2 is 1.80 bits per heavy atom. The maximum absolute atomic E-state index is 13.1. The van der Waals surface area contributed by atoms with E-state index in [9.17, 15) is 14.4 Å². The fourth-order valence-corrected chi connectivity index (χ4v) is 4.36. The highest BCUT2D eigenvalue weighted by Gasteiger charge is 2.28. The quantitative estimate of drug-likeness (QED) is 0.726. The molecule has 1 fully saturated rings. The molecule has 1 aromatic carbocycles. The minimum absolute atomic E-state index is 0.0112. The Bertz CT molecular complexity index is 995. The van der Waals surface area contributed by atoms with Gasteiger partial charge in [-0.2, -0.15) is 0 Å². The molecule has 0 saturated carbocycles. The van der Waals surface area contributed by atoms with Gasteiger partial charge in [-0.3, -0.25) is 14.6 Å². The van der Waals surface area contributed by atoms with Gasteiger partial charge in [-0.05, 0) is 36.8 Å². The van der Waals surface area contributed by atoms with Gasteiger partial charge in [-0.25, -0.2) is 4.79 Å². The lowest BCUT2D eigenvalue weighted by Crippen LogP contribution is -2.51. The average molecular weight is 409 g/mol. The number of hydrogen-bond acceptors (Lipinski definition) is 5. The average Bonchev–Trinajstić information content (AvgIpc) is 2.75. The lowest BCUT2D eigenvalue weighted by molar-refractivity contribution is -0.140. The Morgan fingerprint density at radius 3 is 2.53 bits per heavy atom. The second-order valence-electron chi connectivity index (χ2n) is 8.24. The summed E-state index contributed by atoms with van der Waals surface area (Å²) in [6.45, 7) is 5.35. The number of rotatable bonds is 3. The van der Waals surface area contributed by atoms with Gasteiger partial charge in [0.1, 0.15) is 0 Å². The van der Waals surface area contributed by atoms with Gasteiger partial charge < -0.3 is 14.5 Å². The van der Waals surface area contributed by atoms with E-state index in [2.05, 4.69) is 6.92 Å². The molecule has 0 unspecified atom stereocenters. The number of carbonyl (C=O) groups is 3. The number of fused-ring (bicyclic) bond motifs is 2. The van der Waals surface area contributed by atoms with Gasteiger partial charge in [0.05, 0.1) is 11.1 Å². The van der Waals surface area contributed by atoms with E-state index in [4.69, 9.17) is 9.72 Å². The standard InChI is InChI=1S/C23H27N3O4/c1-15-7-8-20-18(13-15)22(17-5-3-4-6-19(17)24-20)23(29)30-14-21(28)26-11-9-25(10-12-26)16(2)27/h3-6,15H,7-14H2,1-2H3/t15-/m0/s1.